The maximum absolute atomic E-state index is 12.5. The number of ether oxygens (including phenoxy) is 1. The van der Waals surface area contributed by atoms with Crippen LogP contribution in [-0.2, 0) is 6.54 Å². The largest absolute Gasteiger partial charge is 0.462 e. The fourth-order valence-corrected chi connectivity index (χ4v) is 2.39. The minimum absolute atomic E-state index is 0.0233. The maximum atomic E-state index is 12.5. The number of fused-ring (bicyclic) bond motifs is 1. The van der Waals surface area contributed by atoms with Crippen molar-refractivity contribution in [1.82, 2.24) is 5.32 Å². The lowest BCUT2D eigenvalue weighted by Gasteiger charge is -2.06. The van der Waals surface area contributed by atoms with Gasteiger partial charge in [-0.2, -0.15) is 0 Å². The summed E-state index contributed by atoms with van der Waals surface area (Å²) in [7, 11) is 0. The summed E-state index contributed by atoms with van der Waals surface area (Å²) in [4.78, 5) is 12.5. The zero-order valence-electron chi connectivity index (χ0n) is 13.2. The molecule has 0 spiro atoms. The van der Waals surface area contributed by atoms with Crippen molar-refractivity contribution in [3.05, 3.63) is 65.9 Å². The van der Waals surface area contributed by atoms with Crippen LogP contribution in [0.25, 0.3) is 10.8 Å². The molecule has 4 nitrogen and oxygen atoms in total. The molecular formula is C19H19NO3. The summed E-state index contributed by atoms with van der Waals surface area (Å²) in [6, 6.07) is 17.3. The molecule has 2 aromatic carbocycles. The van der Waals surface area contributed by atoms with Gasteiger partial charge in [0, 0.05) is 11.9 Å². The number of hydrogen-bond acceptors (Lipinski definition) is 3. The third kappa shape index (κ3) is 3.37. The third-order valence-electron chi connectivity index (χ3n) is 3.43. The summed E-state index contributed by atoms with van der Waals surface area (Å²) >= 11 is 0. The molecular weight excluding hydrogens is 290 g/mol. The molecule has 1 N–H and O–H groups in total. The van der Waals surface area contributed by atoms with Gasteiger partial charge in [0.15, 0.2) is 0 Å². The van der Waals surface area contributed by atoms with Crippen LogP contribution < -0.4 is 10.1 Å². The predicted octanol–water partition coefficient (Wildman–Crippen LogP) is 4.15. The first-order valence-electron chi connectivity index (χ1n) is 7.65. The molecule has 0 aliphatic rings. The Balaban J connectivity index is 1.85. The van der Waals surface area contributed by atoms with Crippen molar-refractivity contribution < 1.29 is 13.9 Å². The number of benzene rings is 2. The van der Waals surface area contributed by atoms with Gasteiger partial charge in [-0.3, -0.25) is 4.79 Å². The Bertz CT molecular complexity index is 806. The van der Waals surface area contributed by atoms with E-state index in [0.717, 1.165) is 16.3 Å². The van der Waals surface area contributed by atoms with Crippen molar-refractivity contribution in [2.45, 2.75) is 26.5 Å². The van der Waals surface area contributed by atoms with Crippen molar-refractivity contribution in [2.75, 3.05) is 0 Å². The second-order valence-corrected chi connectivity index (χ2v) is 5.60. The first-order valence-corrected chi connectivity index (χ1v) is 7.65. The molecule has 0 saturated carbocycles. The summed E-state index contributed by atoms with van der Waals surface area (Å²) in [5.74, 6) is 0.427. The number of amides is 1. The van der Waals surface area contributed by atoms with Crippen LogP contribution in [0.3, 0.4) is 0 Å². The number of carbonyl (C=O) groups is 1. The van der Waals surface area contributed by atoms with E-state index in [2.05, 4.69) is 5.32 Å². The highest BCUT2D eigenvalue weighted by molar-refractivity contribution is 6.06. The van der Waals surface area contributed by atoms with Crippen LogP contribution in [0.2, 0.25) is 0 Å². The van der Waals surface area contributed by atoms with Crippen LogP contribution in [0, 0.1) is 0 Å². The van der Waals surface area contributed by atoms with Crippen LogP contribution >= 0.6 is 0 Å². The van der Waals surface area contributed by atoms with Gasteiger partial charge in [0.2, 0.25) is 5.76 Å². The Morgan fingerprint density at radius 2 is 1.70 bits per heavy atom. The van der Waals surface area contributed by atoms with E-state index >= 15 is 0 Å². The molecule has 1 amide bonds. The average Bonchev–Trinajstić information content (AvgIpc) is 2.92. The third-order valence-corrected chi connectivity index (χ3v) is 3.43. The van der Waals surface area contributed by atoms with Crippen LogP contribution in [-0.4, -0.2) is 12.0 Å². The molecule has 3 rings (SSSR count). The fraction of sp³-hybridized carbons (Fsp3) is 0.211. The van der Waals surface area contributed by atoms with Crippen molar-refractivity contribution in [3.8, 4) is 5.95 Å². The number of hydrogen-bond donors (Lipinski definition) is 1. The fourth-order valence-electron chi connectivity index (χ4n) is 2.39. The number of nitrogens with one attached hydrogen (secondary N) is 1. The van der Waals surface area contributed by atoms with Crippen molar-refractivity contribution in [2.24, 2.45) is 0 Å². The summed E-state index contributed by atoms with van der Waals surface area (Å²) in [6.07, 6.45) is -0.0233. The lowest BCUT2D eigenvalue weighted by atomic mass is 10.1. The maximum Gasteiger partial charge on any atom is 0.293 e. The summed E-state index contributed by atoms with van der Waals surface area (Å²) in [5, 5.41) is 4.46. The van der Waals surface area contributed by atoms with Gasteiger partial charge in [0.05, 0.1) is 11.5 Å². The van der Waals surface area contributed by atoms with Gasteiger partial charge in [-0.15, -0.1) is 0 Å². The molecule has 0 radical (unpaired) electrons. The van der Waals surface area contributed by atoms with E-state index in [1.54, 1.807) is 0 Å². The van der Waals surface area contributed by atoms with Gasteiger partial charge >= 0.3 is 0 Å². The van der Waals surface area contributed by atoms with Gasteiger partial charge < -0.3 is 14.5 Å². The van der Waals surface area contributed by atoms with Gasteiger partial charge in [-0.25, -0.2) is 0 Å². The van der Waals surface area contributed by atoms with E-state index in [9.17, 15) is 4.79 Å². The second-order valence-electron chi connectivity index (χ2n) is 5.60. The highest BCUT2D eigenvalue weighted by atomic mass is 16.6. The molecule has 1 aromatic heterocycles. The number of carbonyl (C=O) groups excluding carboxylic acids is 1. The molecule has 23 heavy (non-hydrogen) atoms. The molecule has 0 bridgehead atoms. The molecule has 0 fully saturated rings. The lowest BCUT2D eigenvalue weighted by Crippen LogP contribution is -2.22. The Morgan fingerprint density at radius 1 is 1.04 bits per heavy atom. The Morgan fingerprint density at radius 3 is 2.39 bits per heavy atom. The SMILES string of the molecule is CC(C)Oc1oc(C(=O)NCc2ccccc2)c2ccccc12. The van der Waals surface area contributed by atoms with E-state index in [4.69, 9.17) is 9.15 Å². The minimum Gasteiger partial charge on any atom is -0.462 e. The summed E-state index contributed by atoms with van der Waals surface area (Å²) < 4.78 is 11.4. The van der Waals surface area contributed by atoms with Gasteiger partial charge in [-0.1, -0.05) is 48.5 Å². The van der Waals surface area contributed by atoms with E-state index < -0.39 is 0 Å². The Kier molecular flexibility index (Phi) is 4.33. The van der Waals surface area contributed by atoms with Crippen LogP contribution in [0.1, 0.15) is 30.0 Å². The summed E-state index contributed by atoms with van der Waals surface area (Å²) in [5.41, 5.74) is 1.04. The minimum atomic E-state index is -0.247. The first-order chi connectivity index (χ1) is 11.1. The average molecular weight is 309 g/mol. The lowest BCUT2D eigenvalue weighted by molar-refractivity contribution is 0.0911. The van der Waals surface area contributed by atoms with Gasteiger partial charge in [-0.05, 0) is 25.5 Å². The molecule has 4 heteroatoms. The van der Waals surface area contributed by atoms with E-state index in [1.165, 1.54) is 0 Å². The molecule has 0 aliphatic heterocycles. The van der Waals surface area contributed by atoms with Crippen molar-refractivity contribution in [1.29, 1.82) is 0 Å². The predicted molar refractivity (Wildman–Crippen MR) is 89.6 cm³/mol. The Labute approximate surface area is 135 Å². The zero-order chi connectivity index (χ0) is 16.2. The van der Waals surface area contributed by atoms with Crippen LogP contribution in [0.5, 0.6) is 5.95 Å². The number of rotatable bonds is 5. The molecule has 118 valence electrons. The molecule has 0 saturated heterocycles. The van der Waals surface area contributed by atoms with Crippen LogP contribution in [0.4, 0.5) is 0 Å². The van der Waals surface area contributed by atoms with Gasteiger partial charge in [0.25, 0.3) is 11.9 Å². The van der Waals surface area contributed by atoms with Crippen molar-refractivity contribution in [3.63, 3.8) is 0 Å². The highest BCUT2D eigenvalue weighted by Gasteiger charge is 2.20. The second kappa shape index (κ2) is 6.57. The highest BCUT2D eigenvalue weighted by Crippen LogP contribution is 2.32. The van der Waals surface area contributed by atoms with Crippen molar-refractivity contribution >= 4 is 16.7 Å². The molecule has 0 unspecified atom stereocenters. The monoisotopic (exact) mass is 309 g/mol. The smallest absolute Gasteiger partial charge is 0.293 e. The molecule has 0 aliphatic carbocycles. The molecule has 3 aromatic rings. The standard InChI is InChI=1S/C19H19NO3/c1-13(2)22-19-16-11-7-6-10-15(16)17(23-19)18(21)20-12-14-8-4-3-5-9-14/h3-11,13H,12H2,1-2H3,(H,20,21). The molecule has 0 atom stereocenters. The van der Waals surface area contributed by atoms with E-state index in [-0.39, 0.29) is 17.8 Å². The quantitative estimate of drug-likeness (QED) is 0.770. The summed E-state index contributed by atoms with van der Waals surface area (Å²) in [6.45, 7) is 4.30. The number of furan rings is 1. The van der Waals surface area contributed by atoms with E-state index in [0.29, 0.717) is 12.5 Å². The zero-order valence-corrected chi connectivity index (χ0v) is 13.2. The normalized spacial score (nSPS) is 10.9. The van der Waals surface area contributed by atoms with Gasteiger partial charge in [0.1, 0.15) is 0 Å². The van der Waals surface area contributed by atoms with E-state index in [1.807, 2.05) is 68.4 Å². The topological polar surface area (TPSA) is 51.5 Å². The first kappa shape index (κ1) is 15.2. The van der Waals surface area contributed by atoms with Crippen LogP contribution in [0.15, 0.2) is 59.0 Å². The molecule has 1 heterocycles. The Hall–Kier alpha value is -2.75.